The van der Waals surface area contributed by atoms with E-state index in [2.05, 4.69) is 15.6 Å². The number of thiazole rings is 1. The summed E-state index contributed by atoms with van der Waals surface area (Å²) in [6.45, 7) is 2.21. The van der Waals surface area contributed by atoms with Crippen molar-refractivity contribution in [3.05, 3.63) is 34.8 Å². The molecule has 1 amide bonds. The van der Waals surface area contributed by atoms with Crippen molar-refractivity contribution in [2.24, 2.45) is 0 Å². The maximum absolute atomic E-state index is 12.2. The van der Waals surface area contributed by atoms with Crippen molar-refractivity contribution < 1.29 is 14.3 Å². The smallest absolute Gasteiger partial charge is 0.257 e. The number of fused-ring (bicyclic) bond motifs is 1. The number of nitrogens with one attached hydrogen (secondary N) is 2. The van der Waals surface area contributed by atoms with E-state index in [1.807, 2.05) is 19.4 Å². The molecule has 6 nitrogen and oxygen atoms in total. The number of ether oxygens (including phenoxy) is 2. The monoisotopic (exact) mass is 305 g/mol. The van der Waals surface area contributed by atoms with Gasteiger partial charge in [0.1, 0.15) is 0 Å². The minimum absolute atomic E-state index is 0.150. The molecule has 0 saturated heterocycles. The Bertz CT molecular complexity index is 671. The quantitative estimate of drug-likeness (QED) is 0.907. The molecule has 7 heteroatoms. The second-order valence-corrected chi connectivity index (χ2v) is 5.47. The zero-order valence-electron chi connectivity index (χ0n) is 11.7. The van der Waals surface area contributed by atoms with Gasteiger partial charge in [0.15, 0.2) is 16.6 Å². The summed E-state index contributed by atoms with van der Waals surface area (Å²) in [5.41, 5.74) is 1.42. The van der Waals surface area contributed by atoms with Gasteiger partial charge in [-0.3, -0.25) is 10.1 Å². The first-order chi connectivity index (χ1) is 10.2. The Morgan fingerprint density at radius 2 is 2.19 bits per heavy atom. The van der Waals surface area contributed by atoms with Crippen molar-refractivity contribution in [1.29, 1.82) is 0 Å². The predicted octanol–water partition coefficient (Wildman–Crippen LogP) is 2.40. The molecule has 0 spiro atoms. The Morgan fingerprint density at radius 3 is 3.00 bits per heavy atom. The van der Waals surface area contributed by atoms with Gasteiger partial charge in [-0.15, -0.1) is 11.3 Å². The summed E-state index contributed by atoms with van der Waals surface area (Å²) in [4.78, 5) is 16.6. The fourth-order valence-electron chi connectivity index (χ4n) is 1.90. The minimum atomic E-state index is -0.216. The summed E-state index contributed by atoms with van der Waals surface area (Å²) in [5.74, 6) is 1.03. The van der Waals surface area contributed by atoms with Crippen LogP contribution >= 0.6 is 11.3 Å². The van der Waals surface area contributed by atoms with E-state index in [1.54, 1.807) is 18.2 Å². The van der Waals surface area contributed by atoms with E-state index < -0.39 is 0 Å². The summed E-state index contributed by atoms with van der Waals surface area (Å²) < 4.78 is 10.5. The van der Waals surface area contributed by atoms with Gasteiger partial charge in [0.05, 0.1) is 5.69 Å². The molecule has 110 valence electrons. The molecule has 1 aromatic carbocycles. The van der Waals surface area contributed by atoms with E-state index in [4.69, 9.17) is 9.47 Å². The molecule has 2 N–H and O–H groups in total. The lowest BCUT2D eigenvalue weighted by molar-refractivity contribution is 0.102. The van der Waals surface area contributed by atoms with E-state index in [0.29, 0.717) is 22.2 Å². The first kappa shape index (κ1) is 13.8. The van der Waals surface area contributed by atoms with Gasteiger partial charge < -0.3 is 14.8 Å². The van der Waals surface area contributed by atoms with Gasteiger partial charge in [-0.25, -0.2) is 4.98 Å². The molecule has 0 bridgehead atoms. The molecule has 1 aromatic heterocycles. The Hall–Kier alpha value is -2.12. The van der Waals surface area contributed by atoms with Gasteiger partial charge in [-0.1, -0.05) is 0 Å². The van der Waals surface area contributed by atoms with Crippen LogP contribution in [0, 0.1) is 0 Å². The number of hydrogen-bond acceptors (Lipinski definition) is 6. The normalized spacial score (nSPS) is 14.0. The van der Waals surface area contributed by atoms with Crippen molar-refractivity contribution in [1.82, 2.24) is 10.3 Å². The third kappa shape index (κ3) is 2.84. The number of carbonyl (C=O) groups is 1. The third-order valence-corrected chi connectivity index (χ3v) is 4.03. The molecule has 1 atom stereocenters. The van der Waals surface area contributed by atoms with Crippen LogP contribution in [0.5, 0.6) is 11.5 Å². The average Bonchev–Trinajstić information content (AvgIpc) is 3.14. The number of nitrogens with zero attached hydrogens (tertiary/aromatic N) is 1. The van der Waals surface area contributed by atoms with E-state index in [0.717, 1.165) is 5.69 Å². The highest BCUT2D eigenvalue weighted by atomic mass is 32.1. The van der Waals surface area contributed by atoms with E-state index in [-0.39, 0.29) is 18.7 Å². The van der Waals surface area contributed by atoms with Gasteiger partial charge in [-0.2, -0.15) is 0 Å². The lowest BCUT2D eigenvalue weighted by atomic mass is 10.2. The molecule has 2 heterocycles. The summed E-state index contributed by atoms with van der Waals surface area (Å²) >= 11 is 1.40. The fourth-order valence-corrected chi connectivity index (χ4v) is 2.70. The Kier molecular flexibility index (Phi) is 3.76. The number of benzene rings is 1. The minimum Gasteiger partial charge on any atom is -0.454 e. The Morgan fingerprint density at radius 1 is 1.38 bits per heavy atom. The average molecular weight is 305 g/mol. The summed E-state index contributed by atoms with van der Waals surface area (Å²) in [6, 6.07) is 5.25. The summed E-state index contributed by atoms with van der Waals surface area (Å²) in [6.07, 6.45) is 0. The first-order valence-corrected chi connectivity index (χ1v) is 7.39. The molecular weight excluding hydrogens is 290 g/mol. The first-order valence-electron chi connectivity index (χ1n) is 6.51. The lowest BCUT2D eigenvalue weighted by Gasteiger charge is -2.05. The van der Waals surface area contributed by atoms with Gasteiger partial charge in [-0.05, 0) is 32.2 Å². The number of anilines is 1. The van der Waals surface area contributed by atoms with Crippen LogP contribution in [0.4, 0.5) is 5.13 Å². The number of hydrogen-bond donors (Lipinski definition) is 2. The zero-order chi connectivity index (χ0) is 14.8. The van der Waals surface area contributed by atoms with E-state index in [1.165, 1.54) is 11.3 Å². The maximum Gasteiger partial charge on any atom is 0.257 e. The Balaban J connectivity index is 1.73. The Labute approximate surface area is 126 Å². The van der Waals surface area contributed by atoms with Crippen LogP contribution in [0.1, 0.15) is 29.0 Å². The molecule has 0 radical (unpaired) electrons. The third-order valence-electron chi connectivity index (χ3n) is 3.25. The van der Waals surface area contributed by atoms with Crippen LogP contribution in [0.15, 0.2) is 23.6 Å². The van der Waals surface area contributed by atoms with Crippen molar-refractivity contribution in [2.75, 3.05) is 19.2 Å². The molecule has 3 rings (SSSR count). The molecule has 1 unspecified atom stereocenters. The second-order valence-electron chi connectivity index (χ2n) is 4.61. The van der Waals surface area contributed by atoms with Crippen molar-refractivity contribution in [3.63, 3.8) is 0 Å². The molecule has 2 aromatic rings. The number of aromatic nitrogens is 1. The van der Waals surface area contributed by atoms with Crippen molar-refractivity contribution in [3.8, 4) is 11.5 Å². The predicted molar refractivity (Wildman–Crippen MR) is 80.1 cm³/mol. The molecule has 1 aliphatic heterocycles. The largest absolute Gasteiger partial charge is 0.454 e. The second kappa shape index (κ2) is 5.71. The van der Waals surface area contributed by atoms with Crippen molar-refractivity contribution >= 4 is 22.4 Å². The SMILES string of the molecule is CNC(C)c1csc(NC(=O)c2ccc3c(c2)OCO3)n1. The van der Waals surface area contributed by atoms with Crippen LogP contribution in [0.2, 0.25) is 0 Å². The van der Waals surface area contributed by atoms with Crippen LogP contribution < -0.4 is 20.1 Å². The highest BCUT2D eigenvalue weighted by Gasteiger charge is 2.17. The van der Waals surface area contributed by atoms with Gasteiger partial charge in [0.25, 0.3) is 5.91 Å². The van der Waals surface area contributed by atoms with Crippen LogP contribution in [0.25, 0.3) is 0 Å². The van der Waals surface area contributed by atoms with Crippen molar-refractivity contribution in [2.45, 2.75) is 13.0 Å². The highest BCUT2D eigenvalue weighted by Crippen LogP contribution is 2.32. The zero-order valence-corrected chi connectivity index (χ0v) is 12.5. The topological polar surface area (TPSA) is 72.5 Å². The number of carbonyl (C=O) groups excluding carboxylic acids is 1. The molecule has 0 aliphatic carbocycles. The van der Waals surface area contributed by atoms with Gasteiger partial charge >= 0.3 is 0 Å². The molecule has 21 heavy (non-hydrogen) atoms. The highest BCUT2D eigenvalue weighted by molar-refractivity contribution is 7.14. The summed E-state index contributed by atoms with van der Waals surface area (Å²) in [7, 11) is 1.87. The number of rotatable bonds is 4. The standard InChI is InChI=1S/C14H15N3O3S/c1-8(15-2)10-6-21-14(16-10)17-13(18)9-3-4-11-12(5-9)20-7-19-11/h3-6,8,15H,7H2,1-2H3,(H,16,17,18). The fraction of sp³-hybridized carbons (Fsp3) is 0.286. The van der Waals surface area contributed by atoms with E-state index >= 15 is 0 Å². The van der Waals surface area contributed by atoms with Gasteiger partial charge in [0, 0.05) is 17.0 Å². The maximum atomic E-state index is 12.2. The van der Waals surface area contributed by atoms with Crippen LogP contribution in [-0.4, -0.2) is 24.7 Å². The van der Waals surface area contributed by atoms with E-state index in [9.17, 15) is 4.79 Å². The molecule has 0 saturated carbocycles. The number of amides is 1. The molecular formula is C14H15N3O3S. The molecule has 0 fully saturated rings. The molecule has 1 aliphatic rings. The lowest BCUT2D eigenvalue weighted by Crippen LogP contribution is -2.14. The van der Waals surface area contributed by atoms with Gasteiger partial charge in [0.2, 0.25) is 6.79 Å². The van der Waals surface area contributed by atoms with Crippen LogP contribution in [-0.2, 0) is 0 Å². The summed E-state index contributed by atoms with van der Waals surface area (Å²) in [5, 5.41) is 8.41. The van der Waals surface area contributed by atoms with Crippen LogP contribution in [0.3, 0.4) is 0 Å².